The minimum absolute atomic E-state index is 0.0133. The van der Waals surface area contributed by atoms with Crippen molar-refractivity contribution in [2.45, 2.75) is 19.1 Å². The van der Waals surface area contributed by atoms with Crippen LogP contribution >= 0.6 is 11.3 Å². The summed E-state index contributed by atoms with van der Waals surface area (Å²) in [6.07, 6.45) is 0.616. The Morgan fingerprint density at radius 3 is 2.84 bits per heavy atom. The van der Waals surface area contributed by atoms with Crippen LogP contribution in [0.2, 0.25) is 0 Å². The average Bonchev–Trinajstić information content (AvgIpc) is 2.98. The van der Waals surface area contributed by atoms with Gasteiger partial charge in [0.2, 0.25) is 0 Å². The third-order valence-electron chi connectivity index (χ3n) is 4.88. The molecule has 6 nitrogen and oxygen atoms in total. The van der Waals surface area contributed by atoms with E-state index in [0.29, 0.717) is 11.5 Å². The van der Waals surface area contributed by atoms with Gasteiger partial charge in [0.1, 0.15) is 17.7 Å². The van der Waals surface area contributed by atoms with Gasteiger partial charge in [-0.1, -0.05) is 12.1 Å². The number of carbonyl (C=O) groups is 1. The van der Waals surface area contributed by atoms with Crippen molar-refractivity contribution in [2.75, 3.05) is 33.1 Å². The normalized spacial score (nSPS) is 21.6. The number of para-hydroxylation sites is 1. The number of amides is 1. The van der Waals surface area contributed by atoms with Crippen molar-refractivity contribution in [3.8, 4) is 11.5 Å². The second kappa shape index (κ2) is 6.24. The number of carbonyl (C=O) groups excluding carboxylic acids is 1. The Morgan fingerprint density at radius 2 is 2.08 bits per heavy atom. The number of anilines is 1. The second-order valence-corrected chi connectivity index (χ2v) is 7.58. The Bertz CT molecular complexity index is 833. The Kier molecular flexibility index (Phi) is 4.05. The van der Waals surface area contributed by atoms with Crippen molar-refractivity contribution < 1.29 is 19.2 Å². The topological polar surface area (TPSA) is 64.0 Å². The number of quaternary nitrogens is 1. The largest absolute Gasteiger partial charge is 0.493 e. The molecular formula is C18H22N3O3S+. The highest BCUT2D eigenvalue weighted by Crippen LogP contribution is 2.41. The summed E-state index contributed by atoms with van der Waals surface area (Å²) in [6.45, 7) is 2.05. The van der Waals surface area contributed by atoms with Gasteiger partial charge in [-0.25, -0.2) is 0 Å². The molecule has 1 aromatic carbocycles. The predicted molar refractivity (Wildman–Crippen MR) is 96.9 cm³/mol. The lowest BCUT2D eigenvalue weighted by molar-refractivity contribution is -0.895. The average molecular weight is 360 g/mol. The van der Waals surface area contributed by atoms with Gasteiger partial charge in [0.05, 0.1) is 38.3 Å². The van der Waals surface area contributed by atoms with Gasteiger partial charge in [-0.2, -0.15) is 0 Å². The fraction of sp³-hybridized carbons (Fsp3) is 0.389. The first-order valence-electron chi connectivity index (χ1n) is 8.36. The van der Waals surface area contributed by atoms with Crippen molar-refractivity contribution in [3.05, 3.63) is 39.8 Å². The number of likely N-dealkylation sites (N-methyl/N-ethyl adjacent to an activating group) is 1. The zero-order valence-corrected chi connectivity index (χ0v) is 15.4. The van der Waals surface area contributed by atoms with Crippen LogP contribution in [-0.2, 0) is 13.0 Å². The van der Waals surface area contributed by atoms with Crippen molar-refractivity contribution in [3.63, 3.8) is 0 Å². The smallest absolute Gasteiger partial charge is 0.256 e. The van der Waals surface area contributed by atoms with Crippen LogP contribution in [-0.4, -0.2) is 33.7 Å². The lowest BCUT2D eigenvalue weighted by Crippen LogP contribution is -3.08. The molecule has 0 radical (unpaired) electrons. The molecule has 2 aliphatic rings. The molecule has 3 heterocycles. The molecule has 25 heavy (non-hydrogen) atoms. The highest BCUT2D eigenvalue weighted by molar-refractivity contribution is 7.16. The van der Waals surface area contributed by atoms with Gasteiger partial charge in [-0.05, 0) is 11.6 Å². The molecule has 0 saturated carbocycles. The van der Waals surface area contributed by atoms with Gasteiger partial charge in [0.15, 0.2) is 11.5 Å². The zero-order chi connectivity index (χ0) is 17.6. The van der Waals surface area contributed by atoms with Crippen LogP contribution in [0, 0.1) is 0 Å². The van der Waals surface area contributed by atoms with Crippen LogP contribution in [0.25, 0.3) is 0 Å². The van der Waals surface area contributed by atoms with Crippen LogP contribution in [0.3, 0.4) is 0 Å². The van der Waals surface area contributed by atoms with E-state index in [1.807, 2.05) is 18.2 Å². The first kappa shape index (κ1) is 16.2. The summed E-state index contributed by atoms with van der Waals surface area (Å²) in [5.74, 6) is 1.27. The van der Waals surface area contributed by atoms with Crippen LogP contribution < -0.4 is 25.0 Å². The molecule has 0 spiro atoms. The molecule has 2 atom stereocenters. The van der Waals surface area contributed by atoms with Crippen molar-refractivity contribution in [2.24, 2.45) is 0 Å². The maximum Gasteiger partial charge on any atom is 0.256 e. The van der Waals surface area contributed by atoms with Gasteiger partial charge in [0.25, 0.3) is 5.91 Å². The summed E-state index contributed by atoms with van der Waals surface area (Å²) in [4.78, 5) is 15.6. The number of ether oxygens (including phenoxy) is 2. The minimum Gasteiger partial charge on any atom is -0.493 e. The van der Waals surface area contributed by atoms with Gasteiger partial charge >= 0.3 is 0 Å². The number of rotatable bonds is 3. The first-order valence-corrected chi connectivity index (χ1v) is 9.18. The van der Waals surface area contributed by atoms with E-state index < -0.39 is 0 Å². The molecule has 0 fully saturated rings. The number of thiophene rings is 1. The maximum atomic E-state index is 12.8. The summed E-state index contributed by atoms with van der Waals surface area (Å²) >= 11 is 1.70. The second-order valence-electron chi connectivity index (χ2n) is 6.48. The summed E-state index contributed by atoms with van der Waals surface area (Å²) < 4.78 is 10.9. The fourth-order valence-electron chi connectivity index (χ4n) is 3.63. The molecular weight excluding hydrogens is 338 g/mol. The monoisotopic (exact) mass is 360 g/mol. The number of hydrogen-bond donors (Lipinski definition) is 3. The van der Waals surface area contributed by atoms with E-state index in [4.69, 9.17) is 9.47 Å². The molecule has 7 heteroatoms. The van der Waals surface area contributed by atoms with E-state index >= 15 is 0 Å². The molecule has 2 aliphatic heterocycles. The molecule has 1 amide bonds. The number of nitrogens with one attached hydrogen (secondary N) is 3. The Balaban J connectivity index is 1.72. The molecule has 1 unspecified atom stereocenters. The van der Waals surface area contributed by atoms with E-state index in [9.17, 15) is 4.79 Å². The lowest BCUT2D eigenvalue weighted by atomic mass is 10.0. The third-order valence-corrected chi connectivity index (χ3v) is 6.04. The molecule has 2 aromatic rings. The SMILES string of the molecule is COc1cccc([C@H]2NC(=O)c3c(sc4c3CC[NH+](C)C4)N2)c1OC. The third kappa shape index (κ3) is 2.63. The zero-order valence-electron chi connectivity index (χ0n) is 14.6. The highest BCUT2D eigenvalue weighted by Gasteiger charge is 2.35. The number of benzene rings is 1. The standard InChI is InChI=1S/C18H21N3O3S/c1-21-8-7-10-13(9-21)25-18-14(10)17(22)19-16(20-18)11-5-4-6-12(23-2)15(11)24-3/h4-6,16,20H,7-9H2,1-3H3,(H,19,22)/p+1/t16-/m0/s1. The molecule has 0 aliphatic carbocycles. The molecule has 4 rings (SSSR count). The molecule has 3 N–H and O–H groups in total. The summed E-state index contributed by atoms with van der Waals surface area (Å²) in [5.41, 5.74) is 2.90. The van der Waals surface area contributed by atoms with Gasteiger partial charge in [0, 0.05) is 12.0 Å². The van der Waals surface area contributed by atoms with Crippen LogP contribution in [0.5, 0.6) is 11.5 Å². The summed E-state index contributed by atoms with van der Waals surface area (Å²) in [7, 11) is 5.41. The number of methoxy groups -OCH3 is 2. The Labute approximate surface area is 150 Å². The first-order chi connectivity index (χ1) is 12.1. The van der Waals surface area contributed by atoms with Gasteiger partial charge < -0.3 is 25.0 Å². The molecule has 0 bridgehead atoms. The quantitative estimate of drug-likeness (QED) is 0.769. The van der Waals surface area contributed by atoms with Crippen molar-refractivity contribution >= 4 is 22.2 Å². The van der Waals surface area contributed by atoms with Gasteiger partial charge in [-0.15, -0.1) is 11.3 Å². The Morgan fingerprint density at radius 1 is 1.24 bits per heavy atom. The highest BCUT2D eigenvalue weighted by atomic mass is 32.1. The lowest BCUT2D eigenvalue weighted by Gasteiger charge is -2.28. The van der Waals surface area contributed by atoms with E-state index in [1.165, 1.54) is 15.3 Å². The van der Waals surface area contributed by atoms with E-state index in [1.54, 1.807) is 25.6 Å². The van der Waals surface area contributed by atoms with Crippen molar-refractivity contribution in [1.82, 2.24) is 5.32 Å². The van der Waals surface area contributed by atoms with E-state index in [-0.39, 0.29) is 12.1 Å². The molecule has 0 saturated heterocycles. The number of hydrogen-bond acceptors (Lipinski definition) is 5. The predicted octanol–water partition coefficient (Wildman–Crippen LogP) is 1.19. The summed E-state index contributed by atoms with van der Waals surface area (Å²) in [6, 6.07) is 5.69. The van der Waals surface area contributed by atoms with Crippen LogP contribution in [0.4, 0.5) is 5.00 Å². The van der Waals surface area contributed by atoms with Crippen LogP contribution in [0.1, 0.15) is 32.5 Å². The fourth-order valence-corrected chi connectivity index (χ4v) is 5.01. The maximum absolute atomic E-state index is 12.8. The molecule has 132 valence electrons. The van der Waals surface area contributed by atoms with Gasteiger partial charge in [-0.3, -0.25) is 4.79 Å². The van der Waals surface area contributed by atoms with Crippen LogP contribution in [0.15, 0.2) is 18.2 Å². The summed E-state index contributed by atoms with van der Waals surface area (Å²) in [5, 5.41) is 7.52. The molecule has 1 aromatic heterocycles. The Hall–Kier alpha value is -2.25. The number of fused-ring (bicyclic) bond motifs is 3. The van der Waals surface area contributed by atoms with E-state index in [0.717, 1.165) is 35.6 Å². The van der Waals surface area contributed by atoms with Crippen molar-refractivity contribution in [1.29, 1.82) is 0 Å². The van der Waals surface area contributed by atoms with E-state index in [2.05, 4.69) is 17.7 Å². The minimum atomic E-state index is -0.338.